The summed E-state index contributed by atoms with van der Waals surface area (Å²) < 4.78 is 30.7. The summed E-state index contributed by atoms with van der Waals surface area (Å²) in [6.45, 7) is 8.58. The molecule has 0 unspecified atom stereocenters. The molecule has 0 amide bonds. The Morgan fingerprint density at radius 1 is 1.09 bits per heavy atom. The van der Waals surface area contributed by atoms with E-state index >= 15 is 0 Å². The van der Waals surface area contributed by atoms with Crippen LogP contribution in [0.25, 0.3) is 0 Å². The van der Waals surface area contributed by atoms with Gasteiger partial charge in [-0.1, -0.05) is 39.8 Å². The number of phenols is 1. The molecule has 0 bridgehead atoms. The molecule has 0 radical (unpaired) electrons. The van der Waals surface area contributed by atoms with Gasteiger partial charge in [0.1, 0.15) is 5.75 Å². The van der Waals surface area contributed by atoms with Crippen LogP contribution in [0.3, 0.4) is 0 Å². The largest absolute Gasteiger partial charge is 0.508 e. The highest BCUT2D eigenvalue weighted by Gasteiger charge is 2.26. The first-order chi connectivity index (χ1) is 15.1. The van der Waals surface area contributed by atoms with Gasteiger partial charge in [-0.15, -0.1) is 0 Å². The van der Waals surface area contributed by atoms with Gasteiger partial charge < -0.3 is 5.11 Å². The summed E-state index contributed by atoms with van der Waals surface area (Å²) in [6.07, 6.45) is 1.12. The topological polar surface area (TPSA) is 113 Å². The fraction of sp³-hybridized carbons (Fsp3) is 0.455. The minimum Gasteiger partial charge on any atom is -0.508 e. The second-order valence-corrected chi connectivity index (χ2v) is 9.87. The number of non-ortho nitro benzene ring substituents is 1. The summed E-state index contributed by atoms with van der Waals surface area (Å²) in [4.78, 5) is 10.5. The highest BCUT2D eigenvalue weighted by molar-refractivity contribution is 9.08. The minimum absolute atomic E-state index is 0.0102. The molecule has 2 rings (SSSR count). The predicted octanol–water partition coefficient (Wildman–Crippen LogP) is 4.87. The van der Waals surface area contributed by atoms with Crippen molar-refractivity contribution in [2.45, 2.75) is 51.5 Å². The maximum Gasteiger partial charge on any atom is 0.269 e. The van der Waals surface area contributed by atoms with E-state index in [-0.39, 0.29) is 28.3 Å². The molecular formula is C22H32BrN3O5S. The van der Waals surface area contributed by atoms with Crippen LogP contribution in [0.4, 0.5) is 5.69 Å². The Labute approximate surface area is 199 Å². The molecular weight excluding hydrogens is 498 g/mol. The minimum atomic E-state index is -3.70. The smallest absolute Gasteiger partial charge is 0.269 e. The first kappa shape index (κ1) is 28.0. The van der Waals surface area contributed by atoms with Gasteiger partial charge >= 0.3 is 0 Å². The molecule has 0 heterocycles. The van der Waals surface area contributed by atoms with E-state index in [1.807, 2.05) is 27.7 Å². The van der Waals surface area contributed by atoms with E-state index in [0.29, 0.717) is 25.9 Å². The fourth-order valence-electron chi connectivity index (χ4n) is 3.02. The van der Waals surface area contributed by atoms with Crippen LogP contribution >= 0.6 is 16.1 Å². The van der Waals surface area contributed by atoms with Crippen LogP contribution in [0.2, 0.25) is 0 Å². The van der Waals surface area contributed by atoms with E-state index in [9.17, 15) is 23.6 Å². The van der Waals surface area contributed by atoms with Gasteiger partial charge in [-0.05, 0) is 48.6 Å². The maximum atomic E-state index is 13.1. The van der Waals surface area contributed by atoms with Gasteiger partial charge in [0.25, 0.3) is 5.69 Å². The molecule has 2 N–H and O–H groups in total. The van der Waals surface area contributed by atoms with Crippen LogP contribution in [-0.4, -0.2) is 41.9 Å². The average Bonchev–Trinajstić information content (AvgIpc) is 2.77. The molecule has 0 aromatic heterocycles. The molecule has 0 saturated heterocycles. The zero-order valence-electron chi connectivity index (χ0n) is 18.9. The van der Waals surface area contributed by atoms with Gasteiger partial charge in [0.15, 0.2) is 0 Å². The Hall–Kier alpha value is -2.01. The number of aromatic hydroxyl groups is 1. The molecule has 2 aromatic rings. The Bertz CT molecular complexity index is 935. The zero-order valence-corrected chi connectivity index (χ0v) is 21.3. The second kappa shape index (κ2) is 13.5. The summed E-state index contributed by atoms with van der Waals surface area (Å²) in [7, 11) is -3.70. The van der Waals surface area contributed by atoms with Crippen LogP contribution in [0.1, 0.15) is 39.7 Å². The van der Waals surface area contributed by atoms with Gasteiger partial charge in [0.05, 0.1) is 9.82 Å². The number of nitrogens with zero attached hydrogens (tertiary/aromatic N) is 2. The number of nitro benzene ring substituents is 1. The second-order valence-electron chi connectivity index (χ2n) is 7.47. The molecule has 0 saturated carbocycles. The normalized spacial score (nSPS) is 12.3. The van der Waals surface area contributed by atoms with E-state index in [1.54, 1.807) is 12.1 Å². The van der Waals surface area contributed by atoms with Crippen LogP contribution in [0.15, 0.2) is 53.4 Å². The summed E-state index contributed by atoms with van der Waals surface area (Å²) in [5, 5.41) is 20.2. The highest BCUT2D eigenvalue weighted by Crippen LogP contribution is 2.21. The summed E-state index contributed by atoms with van der Waals surface area (Å²) in [6, 6.07) is 11.8. The standard InChI is InChI=1S/C20H26BrN3O5S.C2H6/c1-15(2)14-23(30(28,29)20-9-7-19(25)8-10-20)12-11-17(22-21)13-16-3-5-18(6-4-16)24(26)27;1-2/h3-10,15,17,22,25H,11-14H2,1-2H3;1-2H3/t17-;/m1./s1. The molecule has 2 aromatic carbocycles. The molecule has 0 spiro atoms. The van der Waals surface area contributed by atoms with Crippen molar-refractivity contribution < 1.29 is 18.4 Å². The molecule has 0 fully saturated rings. The lowest BCUT2D eigenvalue weighted by Gasteiger charge is -2.26. The van der Waals surface area contributed by atoms with E-state index in [1.165, 1.54) is 40.7 Å². The van der Waals surface area contributed by atoms with Crippen molar-refractivity contribution in [2.75, 3.05) is 13.1 Å². The number of rotatable bonds is 11. The number of phenolic OH excluding ortho intramolecular Hbond substituents is 1. The number of benzene rings is 2. The average molecular weight is 530 g/mol. The summed E-state index contributed by atoms with van der Waals surface area (Å²) in [5.74, 6) is 0.151. The monoisotopic (exact) mass is 529 g/mol. The quantitative estimate of drug-likeness (QED) is 0.243. The number of hydrogen-bond acceptors (Lipinski definition) is 6. The van der Waals surface area contributed by atoms with Crippen LogP contribution < -0.4 is 4.34 Å². The molecule has 10 heteroatoms. The van der Waals surface area contributed by atoms with E-state index in [0.717, 1.165) is 5.56 Å². The molecule has 0 aliphatic rings. The van der Waals surface area contributed by atoms with Gasteiger partial charge in [-0.2, -0.15) is 4.31 Å². The van der Waals surface area contributed by atoms with Crippen molar-refractivity contribution in [2.24, 2.45) is 5.92 Å². The molecule has 8 nitrogen and oxygen atoms in total. The summed E-state index contributed by atoms with van der Waals surface area (Å²) >= 11 is 3.26. The van der Waals surface area contributed by atoms with Crippen LogP contribution in [0.5, 0.6) is 5.75 Å². The molecule has 1 atom stereocenters. The number of sulfonamides is 1. The maximum absolute atomic E-state index is 13.1. The Morgan fingerprint density at radius 3 is 2.12 bits per heavy atom. The third-order valence-corrected chi connectivity index (χ3v) is 7.08. The van der Waals surface area contributed by atoms with Crippen molar-refractivity contribution >= 4 is 31.9 Å². The number of nitro groups is 1. The van der Waals surface area contributed by atoms with Crippen LogP contribution in [0, 0.1) is 16.0 Å². The van der Waals surface area contributed by atoms with Gasteiger partial charge in [-0.25, -0.2) is 8.42 Å². The number of halogens is 1. The number of nitrogens with one attached hydrogen (secondary N) is 1. The lowest BCUT2D eigenvalue weighted by atomic mass is 10.0. The van der Waals surface area contributed by atoms with Gasteiger partial charge in [0.2, 0.25) is 10.0 Å². The van der Waals surface area contributed by atoms with Gasteiger partial charge in [-0.3, -0.25) is 14.5 Å². The first-order valence-corrected chi connectivity index (χ1v) is 12.8. The predicted molar refractivity (Wildman–Crippen MR) is 130 cm³/mol. The highest BCUT2D eigenvalue weighted by atomic mass is 79.9. The first-order valence-electron chi connectivity index (χ1n) is 10.5. The van der Waals surface area contributed by atoms with E-state index < -0.39 is 14.9 Å². The Balaban J connectivity index is 0.00000249. The van der Waals surface area contributed by atoms with Crippen molar-refractivity contribution in [3.63, 3.8) is 0 Å². The summed E-state index contributed by atoms with van der Waals surface area (Å²) in [5.41, 5.74) is 0.944. The van der Waals surface area contributed by atoms with Crippen molar-refractivity contribution in [3.05, 3.63) is 64.2 Å². The van der Waals surface area contributed by atoms with E-state index in [2.05, 4.69) is 20.5 Å². The SMILES string of the molecule is CC.CC(C)CN(CC[C@H](Cc1ccc([N+](=O)[O-])cc1)NBr)S(=O)(=O)c1ccc(O)cc1. The third-order valence-electron chi connectivity index (χ3n) is 4.55. The van der Waals surface area contributed by atoms with Crippen molar-refractivity contribution in [3.8, 4) is 5.75 Å². The van der Waals surface area contributed by atoms with Crippen molar-refractivity contribution in [1.82, 2.24) is 8.65 Å². The Morgan fingerprint density at radius 2 is 1.66 bits per heavy atom. The van der Waals surface area contributed by atoms with E-state index in [4.69, 9.17) is 0 Å². The number of hydrogen-bond donors (Lipinski definition) is 2. The fourth-order valence-corrected chi connectivity index (χ4v) is 5.03. The lowest BCUT2D eigenvalue weighted by molar-refractivity contribution is -0.384. The lowest BCUT2D eigenvalue weighted by Crippen LogP contribution is -2.38. The van der Waals surface area contributed by atoms with Gasteiger partial charge in [0, 0.05) is 47.4 Å². The van der Waals surface area contributed by atoms with Crippen LogP contribution in [-0.2, 0) is 16.4 Å². The zero-order chi connectivity index (χ0) is 24.3. The molecule has 178 valence electrons. The molecule has 0 aliphatic heterocycles. The molecule has 32 heavy (non-hydrogen) atoms. The molecule has 0 aliphatic carbocycles. The third kappa shape index (κ3) is 8.50. The van der Waals surface area contributed by atoms with Crippen molar-refractivity contribution in [1.29, 1.82) is 0 Å². The Kier molecular flexibility index (Phi) is 11.8.